The molecule has 0 spiro atoms. The molecule has 0 saturated carbocycles. The highest BCUT2D eigenvalue weighted by Gasteiger charge is 2.19. The second kappa shape index (κ2) is 5.65. The Hall–Kier alpha value is -0.860. The molecule has 1 N–H and O–H groups in total. The molecule has 17 heavy (non-hydrogen) atoms. The van der Waals surface area contributed by atoms with Crippen LogP contribution in [0.25, 0.3) is 0 Å². The van der Waals surface area contributed by atoms with Crippen molar-refractivity contribution in [3.63, 3.8) is 0 Å². The number of hydrogen-bond donors (Lipinski definition) is 1. The second-order valence-electron chi connectivity index (χ2n) is 5.11. The maximum Gasteiger partial charge on any atom is 0.0950 e. The first-order valence-electron chi connectivity index (χ1n) is 6.65. The third-order valence-electron chi connectivity index (χ3n) is 3.69. The van der Waals surface area contributed by atoms with Crippen LogP contribution in [0.3, 0.4) is 0 Å². The first kappa shape index (κ1) is 12.6. The van der Waals surface area contributed by atoms with E-state index in [1.165, 1.54) is 17.5 Å². The normalized spacial score (nSPS) is 26.8. The van der Waals surface area contributed by atoms with Crippen LogP contribution < -0.4 is 5.32 Å². The monoisotopic (exact) mass is 233 g/mol. The van der Waals surface area contributed by atoms with Crippen LogP contribution in [0.4, 0.5) is 0 Å². The molecule has 2 rings (SSSR count). The minimum absolute atomic E-state index is 0.220. The molecule has 0 aliphatic carbocycles. The fourth-order valence-corrected chi connectivity index (χ4v) is 2.18. The van der Waals surface area contributed by atoms with Gasteiger partial charge in [0.25, 0.3) is 0 Å². The third-order valence-corrected chi connectivity index (χ3v) is 3.69. The van der Waals surface area contributed by atoms with Gasteiger partial charge in [-0.05, 0) is 30.4 Å². The van der Waals surface area contributed by atoms with Gasteiger partial charge in [-0.1, -0.05) is 38.1 Å². The van der Waals surface area contributed by atoms with E-state index in [2.05, 4.69) is 50.4 Å². The molecule has 2 heteroatoms. The highest BCUT2D eigenvalue weighted by molar-refractivity contribution is 5.27. The fraction of sp³-hybridized carbons (Fsp3) is 0.600. The van der Waals surface area contributed by atoms with Crippen molar-refractivity contribution >= 4 is 0 Å². The fourth-order valence-electron chi connectivity index (χ4n) is 2.18. The lowest BCUT2D eigenvalue weighted by Crippen LogP contribution is -2.40. The van der Waals surface area contributed by atoms with E-state index < -0.39 is 0 Å². The molecule has 94 valence electrons. The van der Waals surface area contributed by atoms with Crippen molar-refractivity contribution in [1.29, 1.82) is 0 Å². The zero-order chi connectivity index (χ0) is 12.3. The number of nitrogens with one attached hydrogen (secondary N) is 1. The van der Waals surface area contributed by atoms with Crippen LogP contribution in [-0.2, 0) is 4.74 Å². The Labute approximate surface area is 104 Å². The molecule has 1 aliphatic heterocycles. The van der Waals surface area contributed by atoms with Crippen LogP contribution in [0.15, 0.2) is 24.3 Å². The van der Waals surface area contributed by atoms with Crippen molar-refractivity contribution in [2.45, 2.75) is 45.3 Å². The minimum Gasteiger partial charge on any atom is -0.371 e. The molecule has 1 saturated heterocycles. The van der Waals surface area contributed by atoms with E-state index in [1.807, 2.05) is 0 Å². The molecule has 1 aliphatic rings. The highest BCUT2D eigenvalue weighted by atomic mass is 16.5. The van der Waals surface area contributed by atoms with Gasteiger partial charge in [-0.15, -0.1) is 0 Å². The van der Waals surface area contributed by atoms with Crippen molar-refractivity contribution in [2.24, 2.45) is 0 Å². The summed E-state index contributed by atoms with van der Waals surface area (Å²) in [6.07, 6.45) is 1.41. The predicted molar refractivity (Wildman–Crippen MR) is 71.3 cm³/mol. The first-order chi connectivity index (χ1) is 8.20. The molecule has 0 radical (unpaired) electrons. The van der Waals surface area contributed by atoms with Gasteiger partial charge in [0.05, 0.1) is 12.7 Å². The number of benzene rings is 1. The lowest BCUT2D eigenvalue weighted by atomic mass is 9.96. The summed E-state index contributed by atoms with van der Waals surface area (Å²) in [5.41, 5.74) is 2.71. The van der Waals surface area contributed by atoms with Crippen molar-refractivity contribution in [3.8, 4) is 0 Å². The van der Waals surface area contributed by atoms with Gasteiger partial charge in [0.15, 0.2) is 0 Å². The van der Waals surface area contributed by atoms with E-state index in [-0.39, 0.29) is 6.10 Å². The van der Waals surface area contributed by atoms with Gasteiger partial charge in [0, 0.05) is 12.6 Å². The maximum absolute atomic E-state index is 5.84. The summed E-state index contributed by atoms with van der Waals surface area (Å²) in [6, 6.07) is 9.38. The standard InChI is InChI=1S/C15H23NO/c1-4-11(2)13-5-7-14(8-6-13)15-9-16-12(3)10-17-15/h5-8,11-12,15-16H,4,9-10H2,1-3H3. The zero-order valence-corrected chi connectivity index (χ0v) is 11.1. The summed E-state index contributed by atoms with van der Waals surface area (Å²) in [7, 11) is 0. The Morgan fingerprint density at radius 2 is 2.06 bits per heavy atom. The minimum atomic E-state index is 0.220. The van der Waals surface area contributed by atoms with Crippen LogP contribution in [0, 0.1) is 0 Å². The van der Waals surface area contributed by atoms with E-state index in [9.17, 15) is 0 Å². The van der Waals surface area contributed by atoms with Crippen LogP contribution >= 0.6 is 0 Å². The molecule has 0 bridgehead atoms. The lowest BCUT2D eigenvalue weighted by Gasteiger charge is -2.28. The van der Waals surface area contributed by atoms with E-state index >= 15 is 0 Å². The third kappa shape index (κ3) is 3.08. The molecule has 1 fully saturated rings. The van der Waals surface area contributed by atoms with E-state index in [1.54, 1.807) is 0 Å². The van der Waals surface area contributed by atoms with E-state index in [4.69, 9.17) is 4.74 Å². The molecular weight excluding hydrogens is 210 g/mol. The van der Waals surface area contributed by atoms with E-state index in [0.29, 0.717) is 12.0 Å². The molecule has 1 aromatic rings. The molecule has 2 nitrogen and oxygen atoms in total. The highest BCUT2D eigenvalue weighted by Crippen LogP contribution is 2.24. The lowest BCUT2D eigenvalue weighted by molar-refractivity contribution is 0.00694. The van der Waals surface area contributed by atoms with Gasteiger partial charge in [0.1, 0.15) is 0 Å². The quantitative estimate of drug-likeness (QED) is 0.865. The number of morpholine rings is 1. The molecular formula is C15H23NO. The van der Waals surface area contributed by atoms with Crippen LogP contribution in [0.5, 0.6) is 0 Å². The molecule has 3 atom stereocenters. The summed E-state index contributed by atoms with van der Waals surface area (Å²) in [5, 5.41) is 3.45. The summed E-state index contributed by atoms with van der Waals surface area (Å²) >= 11 is 0. The van der Waals surface area contributed by atoms with Crippen molar-refractivity contribution in [1.82, 2.24) is 5.32 Å². The number of ether oxygens (including phenoxy) is 1. The number of rotatable bonds is 3. The Morgan fingerprint density at radius 1 is 1.35 bits per heavy atom. The number of hydrogen-bond acceptors (Lipinski definition) is 2. The molecule has 0 aromatic heterocycles. The Kier molecular flexibility index (Phi) is 4.19. The topological polar surface area (TPSA) is 21.3 Å². The summed E-state index contributed by atoms with van der Waals surface area (Å²) < 4.78 is 5.84. The molecule has 1 heterocycles. The largest absolute Gasteiger partial charge is 0.371 e. The van der Waals surface area contributed by atoms with Gasteiger partial charge in [-0.3, -0.25) is 0 Å². The second-order valence-corrected chi connectivity index (χ2v) is 5.11. The van der Waals surface area contributed by atoms with Crippen LogP contribution in [0.2, 0.25) is 0 Å². The Balaban J connectivity index is 2.02. The van der Waals surface area contributed by atoms with Gasteiger partial charge in [-0.25, -0.2) is 0 Å². The van der Waals surface area contributed by atoms with Gasteiger partial charge < -0.3 is 10.1 Å². The van der Waals surface area contributed by atoms with Gasteiger partial charge in [-0.2, -0.15) is 0 Å². The van der Waals surface area contributed by atoms with Crippen LogP contribution in [0.1, 0.15) is 50.3 Å². The molecule has 3 unspecified atom stereocenters. The van der Waals surface area contributed by atoms with Crippen LogP contribution in [-0.4, -0.2) is 19.2 Å². The predicted octanol–water partition coefficient (Wildman–Crippen LogP) is 3.25. The SMILES string of the molecule is CCC(C)c1ccc(C2CNC(C)CO2)cc1. The summed E-state index contributed by atoms with van der Waals surface area (Å²) in [4.78, 5) is 0. The Morgan fingerprint density at radius 3 is 2.59 bits per heavy atom. The maximum atomic E-state index is 5.84. The van der Waals surface area contributed by atoms with Crippen molar-refractivity contribution in [3.05, 3.63) is 35.4 Å². The smallest absolute Gasteiger partial charge is 0.0950 e. The zero-order valence-electron chi connectivity index (χ0n) is 11.1. The average molecular weight is 233 g/mol. The van der Waals surface area contributed by atoms with Gasteiger partial charge in [0.2, 0.25) is 0 Å². The molecule has 0 amide bonds. The first-order valence-corrected chi connectivity index (χ1v) is 6.65. The van der Waals surface area contributed by atoms with E-state index in [0.717, 1.165) is 13.2 Å². The summed E-state index contributed by atoms with van der Waals surface area (Å²) in [5.74, 6) is 0.648. The summed E-state index contributed by atoms with van der Waals surface area (Å²) in [6.45, 7) is 8.38. The average Bonchev–Trinajstić information content (AvgIpc) is 2.39. The van der Waals surface area contributed by atoms with Crippen molar-refractivity contribution in [2.75, 3.05) is 13.2 Å². The van der Waals surface area contributed by atoms with Gasteiger partial charge >= 0.3 is 0 Å². The molecule has 1 aromatic carbocycles. The Bertz CT molecular complexity index is 338. The van der Waals surface area contributed by atoms with Crippen molar-refractivity contribution < 1.29 is 4.74 Å².